The molecule has 2 aromatic rings. The van der Waals surface area contributed by atoms with Crippen molar-refractivity contribution in [2.45, 2.75) is 6.42 Å². The third-order valence-corrected chi connectivity index (χ3v) is 4.65. The number of nitrogens with one attached hydrogen (secondary N) is 1. The zero-order chi connectivity index (χ0) is 18.2. The van der Waals surface area contributed by atoms with Gasteiger partial charge < -0.3 is 10.2 Å². The number of rotatable bonds is 6. The summed E-state index contributed by atoms with van der Waals surface area (Å²) in [5.41, 5.74) is 1.45. The molecule has 2 amide bonds. The van der Waals surface area contributed by atoms with Gasteiger partial charge in [0.1, 0.15) is 0 Å². The summed E-state index contributed by atoms with van der Waals surface area (Å²) in [4.78, 5) is 28.7. The zero-order valence-electron chi connectivity index (χ0n) is 14.9. The van der Waals surface area contributed by atoms with E-state index < -0.39 is 0 Å². The Kier molecular flexibility index (Phi) is 6.39. The fourth-order valence-corrected chi connectivity index (χ4v) is 3.13. The molecule has 136 valence electrons. The maximum absolute atomic E-state index is 12.4. The molecule has 26 heavy (non-hydrogen) atoms. The lowest BCUT2D eigenvalue weighted by atomic mass is 10.2. The Balaban J connectivity index is 1.34. The van der Waals surface area contributed by atoms with Gasteiger partial charge in [0.25, 0.3) is 11.8 Å². The first-order chi connectivity index (χ1) is 12.7. The molecule has 0 bridgehead atoms. The van der Waals surface area contributed by atoms with Gasteiger partial charge in [0.05, 0.1) is 0 Å². The predicted octanol–water partition coefficient (Wildman–Crippen LogP) is 2.26. The van der Waals surface area contributed by atoms with Gasteiger partial charge in [0.2, 0.25) is 0 Å². The van der Waals surface area contributed by atoms with Crippen molar-refractivity contribution in [3.05, 3.63) is 71.8 Å². The summed E-state index contributed by atoms with van der Waals surface area (Å²) in [6.07, 6.45) is 0.908. The molecule has 1 aliphatic rings. The van der Waals surface area contributed by atoms with Crippen LogP contribution in [-0.2, 0) is 0 Å². The molecule has 0 aromatic heterocycles. The maximum atomic E-state index is 12.4. The summed E-state index contributed by atoms with van der Waals surface area (Å²) in [7, 11) is 0. The molecule has 0 unspecified atom stereocenters. The van der Waals surface area contributed by atoms with Gasteiger partial charge in [-0.2, -0.15) is 0 Å². The van der Waals surface area contributed by atoms with Crippen LogP contribution in [0.1, 0.15) is 27.1 Å². The van der Waals surface area contributed by atoms with E-state index in [0.717, 1.165) is 44.7 Å². The number of carbonyl (C=O) groups excluding carboxylic acids is 2. The van der Waals surface area contributed by atoms with Gasteiger partial charge in [-0.3, -0.25) is 14.5 Å². The molecule has 0 atom stereocenters. The van der Waals surface area contributed by atoms with Crippen molar-refractivity contribution in [3.63, 3.8) is 0 Å². The predicted molar refractivity (Wildman–Crippen MR) is 102 cm³/mol. The van der Waals surface area contributed by atoms with E-state index >= 15 is 0 Å². The van der Waals surface area contributed by atoms with Crippen LogP contribution >= 0.6 is 0 Å². The molecule has 0 spiro atoms. The van der Waals surface area contributed by atoms with Crippen molar-refractivity contribution in [3.8, 4) is 0 Å². The normalized spacial score (nSPS) is 14.8. The van der Waals surface area contributed by atoms with Crippen molar-refractivity contribution in [2.75, 3.05) is 39.3 Å². The maximum Gasteiger partial charge on any atom is 0.253 e. The quantitative estimate of drug-likeness (QED) is 0.813. The average molecular weight is 351 g/mol. The monoisotopic (exact) mass is 351 g/mol. The molecular formula is C21H25N3O2. The Labute approximate surface area is 154 Å². The lowest BCUT2D eigenvalue weighted by molar-refractivity contribution is 0.0634. The Morgan fingerprint density at radius 3 is 2.00 bits per heavy atom. The highest BCUT2D eigenvalue weighted by Gasteiger charge is 2.21. The van der Waals surface area contributed by atoms with Gasteiger partial charge in [0, 0.05) is 43.9 Å². The summed E-state index contributed by atoms with van der Waals surface area (Å²) in [6, 6.07) is 18.7. The smallest absolute Gasteiger partial charge is 0.253 e. The number of benzene rings is 2. The third kappa shape index (κ3) is 4.92. The van der Waals surface area contributed by atoms with E-state index in [1.165, 1.54) is 0 Å². The number of nitrogens with zero attached hydrogens (tertiary/aromatic N) is 2. The fourth-order valence-electron chi connectivity index (χ4n) is 3.13. The van der Waals surface area contributed by atoms with Crippen LogP contribution < -0.4 is 5.32 Å². The van der Waals surface area contributed by atoms with Crippen molar-refractivity contribution in [1.29, 1.82) is 0 Å². The van der Waals surface area contributed by atoms with Crippen molar-refractivity contribution in [1.82, 2.24) is 15.1 Å². The van der Waals surface area contributed by atoms with Crippen LogP contribution in [0.4, 0.5) is 0 Å². The van der Waals surface area contributed by atoms with Crippen LogP contribution in [0.15, 0.2) is 60.7 Å². The molecule has 1 heterocycles. The molecule has 0 radical (unpaired) electrons. The first-order valence-corrected chi connectivity index (χ1v) is 9.14. The minimum Gasteiger partial charge on any atom is -0.352 e. The van der Waals surface area contributed by atoms with Gasteiger partial charge in [-0.25, -0.2) is 0 Å². The van der Waals surface area contributed by atoms with E-state index in [1.807, 2.05) is 65.6 Å². The van der Waals surface area contributed by atoms with Gasteiger partial charge in [0.15, 0.2) is 0 Å². The highest BCUT2D eigenvalue weighted by Crippen LogP contribution is 2.09. The minimum absolute atomic E-state index is 0.0242. The first-order valence-electron chi connectivity index (χ1n) is 9.14. The molecule has 1 N–H and O–H groups in total. The van der Waals surface area contributed by atoms with Crippen molar-refractivity contribution < 1.29 is 9.59 Å². The SMILES string of the molecule is O=C(NCCCN1CCN(C(=O)c2ccccc2)CC1)c1ccccc1. The summed E-state index contributed by atoms with van der Waals surface area (Å²) in [6.45, 7) is 4.87. The van der Waals surface area contributed by atoms with Crippen LogP contribution in [0, 0.1) is 0 Å². The number of piperazine rings is 1. The Morgan fingerprint density at radius 2 is 1.38 bits per heavy atom. The van der Waals surface area contributed by atoms with E-state index in [-0.39, 0.29) is 11.8 Å². The van der Waals surface area contributed by atoms with Crippen LogP contribution in [0.25, 0.3) is 0 Å². The molecule has 1 aliphatic heterocycles. The largest absolute Gasteiger partial charge is 0.352 e. The van der Waals surface area contributed by atoms with E-state index in [0.29, 0.717) is 12.1 Å². The topological polar surface area (TPSA) is 52.7 Å². The number of carbonyl (C=O) groups is 2. The van der Waals surface area contributed by atoms with Gasteiger partial charge in [-0.05, 0) is 37.2 Å². The van der Waals surface area contributed by atoms with E-state index in [9.17, 15) is 9.59 Å². The first kappa shape index (κ1) is 18.1. The summed E-state index contributed by atoms with van der Waals surface area (Å²) < 4.78 is 0. The molecule has 1 fully saturated rings. The molecule has 3 rings (SSSR count). The summed E-state index contributed by atoms with van der Waals surface area (Å²) >= 11 is 0. The van der Waals surface area contributed by atoms with Gasteiger partial charge in [-0.1, -0.05) is 36.4 Å². The molecule has 2 aromatic carbocycles. The van der Waals surface area contributed by atoms with Gasteiger partial charge in [-0.15, -0.1) is 0 Å². The molecule has 1 saturated heterocycles. The zero-order valence-corrected chi connectivity index (χ0v) is 14.9. The summed E-state index contributed by atoms with van der Waals surface area (Å²) in [5, 5.41) is 2.96. The third-order valence-electron chi connectivity index (χ3n) is 4.65. The van der Waals surface area contributed by atoms with Crippen LogP contribution in [0.2, 0.25) is 0 Å². The lowest BCUT2D eigenvalue weighted by Crippen LogP contribution is -2.49. The van der Waals surface area contributed by atoms with Crippen LogP contribution in [0.5, 0.6) is 0 Å². The van der Waals surface area contributed by atoms with E-state index in [2.05, 4.69) is 10.2 Å². The second-order valence-electron chi connectivity index (χ2n) is 6.48. The molecule has 5 nitrogen and oxygen atoms in total. The lowest BCUT2D eigenvalue weighted by Gasteiger charge is -2.34. The van der Waals surface area contributed by atoms with Gasteiger partial charge >= 0.3 is 0 Å². The number of amides is 2. The average Bonchev–Trinajstić information content (AvgIpc) is 2.72. The highest BCUT2D eigenvalue weighted by atomic mass is 16.2. The van der Waals surface area contributed by atoms with E-state index in [4.69, 9.17) is 0 Å². The molecule has 5 heteroatoms. The fraction of sp³-hybridized carbons (Fsp3) is 0.333. The minimum atomic E-state index is -0.0242. The van der Waals surface area contributed by atoms with Crippen molar-refractivity contribution in [2.24, 2.45) is 0 Å². The number of hydrogen-bond acceptors (Lipinski definition) is 3. The number of hydrogen-bond donors (Lipinski definition) is 1. The molecule has 0 aliphatic carbocycles. The van der Waals surface area contributed by atoms with Crippen LogP contribution in [-0.4, -0.2) is 60.9 Å². The molecular weight excluding hydrogens is 326 g/mol. The Bertz CT molecular complexity index is 711. The molecule has 0 saturated carbocycles. The standard InChI is InChI=1S/C21H25N3O2/c25-20(18-8-3-1-4-9-18)22-12-7-13-23-14-16-24(17-15-23)21(26)19-10-5-2-6-11-19/h1-6,8-11H,7,12-17H2,(H,22,25). The Morgan fingerprint density at radius 1 is 0.808 bits per heavy atom. The Hall–Kier alpha value is -2.66. The second kappa shape index (κ2) is 9.15. The highest BCUT2D eigenvalue weighted by molar-refractivity contribution is 5.94. The summed E-state index contributed by atoms with van der Waals surface area (Å²) in [5.74, 6) is 0.0873. The van der Waals surface area contributed by atoms with Crippen LogP contribution in [0.3, 0.4) is 0 Å². The van der Waals surface area contributed by atoms with E-state index in [1.54, 1.807) is 0 Å². The van der Waals surface area contributed by atoms with Crippen molar-refractivity contribution >= 4 is 11.8 Å². The second-order valence-corrected chi connectivity index (χ2v) is 6.48.